The van der Waals surface area contributed by atoms with Gasteiger partial charge in [-0.25, -0.2) is 0 Å². The SMILES string of the molecule is CCCN1C(=O)C(C)Oc2ccc(NC(=O)COc3ccc(OCC)cc3)cc21. The maximum absolute atomic E-state index is 12.4. The third-order valence-corrected chi connectivity index (χ3v) is 4.40. The summed E-state index contributed by atoms with van der Waals surface area (Å²) in [5, 5.41) is 2.80. The summed E-state index contributed by atoms with van der Waals surface area (Å²) in [4.78, 5) is 26.4. The molecule has 2 aromatic carbocycles. The van der Waals surface area contributed by atoms with E-state index in [1.807, 2.05) is 13.8 Å². The van der Waals surface area contributed by atoms with E-state index in [9.17, 15) is 9.59 Å². The smallest absolute Gasteiger partial charge is 0.267 e. The van der Waals surface area contributed by atoms with E-state index in [2.05, 4.69) is 5.32 Å². The second kappa shape index (κ2) is 9.32. The normalized spacial score (nSPS) is 15.3. The predicted octanol–water partition coefficient (Wildman–Crippen LogP) is 3.63. The van der Waals surface area contributed by atoms with Crippen molar-refractivity contribution in [3.63, 3.8) is 0 Å². The van der Waals surface area contributed by atoms with Gasteiger partial charge in [0.1, 0.15) is 17.2 Å². The minimum Gasteiger partial charge on any atom is -0.494 e. The molecule has 0 radical (unpaired) electrons. The van der Waals surface area contributed by atoms with Gasteiger partial charge in [-0.2, -0.15) is 0 Å². The van der Waals surface area contributed by atoms with E-state index in [1.165, 1.54) is 0 Å². The molecule has 3 rings (SSSR count). The predicted molar refractivity (Wildman–Crippen MR) is 111 cm³/mol. The molecule has 2 aromatic rings. The monoisotopic (exact) mass is 398 g/mol. The fourth-order valence-electron chi connectivity index (χ4n) is 3.08. The van der Waals surface area contributed by atoms with Crippen LogP contribution in [0, 0.1) is 0 Å². The zero-order valence-electron chi connectivity index (χ0n) is 16.9. The van der Waals surface area contributed by atoms with Gasteiger partial charge in [0.05, 0.1) is 12.3 Å². The lowest BCUT2D eigenvalue weighted by Crippen LogP contribution is -2.44. The topological polar surface area (TPSA) is 77.1 Å². The van der Waals surface area contributed by atoms with Gasteiger partial charge in [0.25, 0.3) is 11.8 Å². The Kier molecular flexibility index (Phi) is 6.59. The third-order valence-electron chi connectivity index (χ3n) is 4.40. The summed E-state index contributed by atoms with van der Waals surface area (Å²) in [6, 6.07) is 12.4. The highest BCUT2D eigenvalue weighted by molar-refractivity contribution is 6.01. The minimum absolute atomic E-state index is 0.0818. The number of hydrogen-bond donors (Lipinski definition) is 1. The summed E-state index contributed by atoms with van der Waals surface area (Å²) in [5.41, 5.74) is 1.25. The van der Waals surface area contributed by atoms with Crippen LogP contribution in [0.3, 0.4) is 0 Å². The van der Waals surface area contributed by atoms with Crippen molar-refractivity contribution in [2.45, 2.75) is 33.3 Å². The van der Waals surface area contributed by atoms with E-state index in [0.29, 0.717) is 36.0 Å². The zero-order valence-corrected chi connectivity index (χ0v) is 16.9. The molecule has 0 aromatic heterocycles. The average molecular weight is 398 g/mol. The molecule has 0 aliphatic carbocycles. The summed E-state index contributed by atoms with van der Waals surface area (Å²) >= 11 is 0. The summed E-state index contributed by atoms with van der Waals surface area (Å²) in [6.45, 7) is 6.72. The van der Waals surface area contributed by atoms with Crippen LogP contribution in [0.15, 0.2) is 42.5 Å². The maximum atomic E-state index is 12.4. The van der Waals surface area contributed by atoms with Gasteiger partial charge in [-0.05, 0) is 62.7 Å². The van der Waals surface area contributed by atoms with Crippen molar-refractivity contribution >= 4 is 23.2 Å². The van der Waals surface area contributed by atoms with Crippen LogP contribution in [-0.4, -0.2) is 37.7 Å². The quantitative estimate of drug-likeness (QED) is 0.735. The molecule has 0 saturated carbocycles. The van der Waals surface area contributed by atoms with E-state index >= 15 is 0 Å². The van der Waals surface area contributed by atoms with Crippen LogP contribution in [0.5, 0.6) is 17.2 Å². The molecule has 7 nitrogen and oxygen atoms in total. The Morgan fingerprint density at radius 3 is 2.45 bits per heavy atom. The molecular formula is C22H26N2O5. The van der Waals surface area contributed by atoms with E-state index in [1.54, 1.807) is 54.3 Å². The Morgan fingerprint density at radius 1 is 1.10 bits per heavy atom. The van der Waals surface area contributed by atoms with Crippen LogP contribution < -0.4 is 24.4 Å². The minimum atomic E-state index is -0.517. The highest BCUT2D eigenvalue weighted by Crippen LogP contribution is 2.36. The van der Waals surface area contributed by atoms with Crippen molar-refractivity contribution in [3.8, 4) is 17.2 Å². The maximum Gasteiger partial charge on any atom is 0.267 e. The molecule has 29 heavy (non-hydrogen) atoms. The Bertz CT molecular complexity index is 866. The molecule has 7 heteroatoms. The molecule has 1 unspecified atom stereocenters. The van der Waals surface area contributed by atoms with Gasteiger partial charge < -0.3 is 24.4 Å². The number of carbonyl (C=O) groups excluding carboxylic acids is 2. The summed E-state index contributed by atoms with van der Waals surface area (Å²) in [6.07, 6.45) is 0.307. The fraction of sp³-hybridized carbons (Fsp3) is 0.364. The highest BCUT2D eigenvalue weighted by Gasteiger charge is 2.31. The molecule has 1 N–H and O–H groups in total. The van der Waals surface area contributed by atoms with E-state index < -0.39 is 6.10 Å². The summed E-state index contributed by atoms with van der Waals surface area (Å²) < 4.78 is 16.6. The first-order valence-electron chi connectivity index (χ1n) is 9.79. The lowest BCUT2D eigenvalue weighted by atomic mass is 10.1. The number of ether oxygens (including phenoxy) is 3. The number of rotatable bonds is 8. The second-order valence-electron chi connectivity index (χ2n) is 6.67. The van der Waals surface area contributed by atoms with Crippen molar-refractivity contribution < 1.29 is 23.8 Å². The molecule has 0 bridgehead atoms. The number of fused-ring (bicyclic) bond motifs is 1. The van der Waals surface area contributed by atoms with Crippen molar-refractivity contribution in [3.05, 3.63) is 42.5 Å². The van der Waals surface area contributed by atoms with Crippen LogP contribution in [0.1, 0.15) is 27.2 Å². The Morgan fingerprint density at radius 2 is 1.79 bits per heavy atom. The van der Waals surface area contributed by atoms with Crippen LogP contribution in [0.2, 0.25) is 0 Å². The Hall–Kier alpha value is -3.22. The van der Waals surface area contributed by atoms with Gasteiger partial charge in [-0.1, -0.05) is 6.92 Å². The third kappa shape index (κ3) is 4.99. The fourth-order valence-corrected chi connectivity index (χ4v) is 3.08. The largest absolute Gasteiger partial charge is 0.494 e. The van der Waals surface area contributed by atoms with Gasteiger partial charge >= 0.3 is 0 Å². The number of carbonyl (C=O) groups is 2. The first kappa shape index (κ1) is 20.5. The summed E-state index contributed by atoms with van der Waals surface area (Å²) in [5.74, 6) is 1.59. The molecule has 0 fully saturated rings. The van der Waals surface area contributed by atoms with Gasteiger partial charge in [0.2, 0.25) is 0 Å². The van der Waals surface area contributed by atoms with E-state index in [4.69, 9.17) is 14.2 Å². The van der Waals surface area contributed by atoms with Crippen molar-refractivity contribution in [1.29, 1.82) is 0 Å². The molecule has 1 aliphatic rings. The van der Waals surface area contributed by atoms with E-state index in [-0.39, 0.29) is 18.4 Å². The van der Waals surface area contributed by atoms with Gasteiger partial charge in [-0.3, -0.25) is 9.59 Å². The van der Waals surface area contributed by atoms with Gasteiger partial charge in [0.15, 0.2) is 12.7 Å². The van der Waals surface area contributed by atoms with Crippen LogP contribution in [0.25, 0.3) is 0 Å². The number of benzene rings is 2. The average Bonchev–Trinajstić information content (AvgIpc) is 2.71. The van der Waals surface area contributed by atoms with Crippen molar-refractivity contribution in [2.24, 2.45) is 0 Å². The molecule has 0 spiro atoms. The molecule has 1 atom stereocenters. The van der Waals surface area contributed by atoms with Gasteiger partial charge in [-0.15, -0.1) is 0 Å². The van der Waals surface area contributed by atoms with Crippen LogP contribution in [-0.2, 0) is 9.59 Å². The number of nitrogens with zero attached hydrogens (tertiary/aromatic N) is 1. The Balaban J connectivity index is 1.63. The Labute approximate surface area is 170 Å². The van der Waals surface area contributed by atoms with Gasteiger partial charge in [0, 0.05) is 12.2 Å². The second-order valence-corrected chi connectivity index (χ2v) is 6.67. The highest BCUT2D eigenvalue weighted by atomic mass is 16.5. The lowest BCUT2D eigenvalue weighted by Gasteiger charge is -2.33. The number of hydrogen-bond acceptors (Lipinski definition) is 5. The van der Waals surface area contributed by atoms with Crippen molar-refractivity contribution in [2.75, 3.05) is 30.0 Å². The molecule has 0 saturated heterocycles. The first-order chi connectivity index (χ1) is 14.0. The molecule has 154 valence electrons. The van der Waals surface area contributed by atoms with Crippen LogP contribution in [0.4, 0.5) is 11.4 Å². The van der Waals surface area contributed by atoms with Crippen molar-refractivity contribution in [1.82, 2.24) is 0 Å². The number of nitrogens with one attached hydrogen (secondary N) is 1. The zero-order chi connectivity index (χ0) is 20.8. The molecule has 1 heterocycles. The summed E-state index contributed by atoms with van der Waals surface area (Å²) in [7, 11) is 0. The number of anilines is 2. The molecule has 2 amide bonds. The lowest BCUT2D eigenvalue weighted by molar-refractivity contribution is -0.125. The van der Waals surface area contributed by atoms with Crippen LogP contribution >= 0.6 is 0 Å². The molecular weight excluding hydrogens is 372 g/mol. The standard InChI is InChI=1S/C22H26N2O5/c1-4-12-24-19-13-16(6-11-20(19)29-15(3)22(24)26)23-21(25)14-28-18-9-7-17(8-10-18)27-5-2/h6-11,13,15H,4-5,12,14H2,1-3H3,(H,23,25). The molecule has 1 aliphatic heterocycles. The number of amides is 2. The van der Waals surface area contributed by atoms with E-state index in [0.717, 1.165) is 12.2 Å². The first-order valence-corrected chi connectivity index (χ1v) is 9.79.